The van der Waals surface area contributed by atoms with Gasteiger partial charge >= 0.3 is 0 Å². The fourth-order valence-electron chi connectivity index (χ4n) is 2.30. The smallest absolute Gasteiger partial charge is 0.262 e. The molecule has 0 radical (unpaired) electrons. The van der Waals surface area contributed by atoms with E-state index < -0.39 is 0 Å². The fraction of sp³-hybridized carbons (Fsp3) is 0.278. The maximum absolute atomic E-state index is 12.1. The van der Waals surface area contributed by atoms with Crippen LogP contribution in [-0.2, 0) is 4.79 Å². The van der Waals surface area contributed by atoms with Gasteiger partial charge in [0.1, 0.15) is 11.5 Å². The first kappa shape index (κ1) is 17.3. The Bertz CT molecular complexity index is 677. The van der Waals surface area contributed by atoms with E-state index in [2.05, 4.69) is 21.2 Å². The molecule has 0 saturated carbocycles. The van der Waals surface area contributed by atoms with Crippen LogP contribution in [0.2, 0.25) is 0 Å². The van der Waals surface area contributed by atoms with Gasteiger partial charge in [-0.2, -0.15) is 0 Å². The van der Waals surface area contributed by atoms with Crippen molar-refractivity contribution >= 4 is 27.5 Å². The van der Waals surface area contributed by atoms with Crippen molar-refractivity contribution in [2.24, 2.45) is 0 Å². The third kappa shape index (κ3) is 4.73. The molecule has 0 aromatic heterocycles. The van der Waals surface area contributed by atoms with Gasteiger partial charge in [-0.25, -0.2) is 0 Å². The molecular formula is C18H20BrNO3. The lowest BCUT2D eigenvalue weighted by Gasteiger charge is -2.14. The lowest BCUT2D eigenvalue weighted by Crippen LogP contribution is -2.21. The Kier molecular flexibility index (Phi) is 6.04. The topological polar surface area (TPSA) is 47.6 Å². The number of nitrogens with one attached hydrogen (secondary N) is 1. The van der Waals surface area contributed by atoms with Crippen LogP contribution < -0.4 is 14.8 Å². The zero-order valence-electron chi connectivity index (χ0n) is 13.5. The quantitative estimate of drug-likeness (QED) is 0.806. The third-order valence-corrected chi connectivity index (χ3v) is 3.69. The van der Waals surface area contributed by atoms with E-state index in [1.54, 1.807) is 6.07 Å². The Labute approximate surface area is 144 Å². The van der Waals surface area contributed by atoms with Crippen molar-refractivity contribution in [3.05, 3.63) is 52.0 Å². The number of amides is 1. The highest BCUT2D eigenvalue weighted by atomic mass is 79.9. The predicted molar refractivity (Wildman–Crippen MR) is 95.4 cm³/mol. The average Bonchev–Trinajstić information content (AvgIpc) is 2.48. The first-order valence-corrected chi connectivity index (χ1v) is 8.21. The van der Waals surface area contributed by atoms with Crippen LogP contribution in [0.4, 0.5) is 5.69 Å². The molecule has 2 rings (SSSR count). The molecule has 122 valence electrons. The van der Waals surface area contributed by atoms with Gasteiger partial charge < -0.3 is 14.8 Å². The minimum absolute atomic E-state index is 0.0518. The highest BCUT2D eigenvalue weighted by molar-refractivity contribution is 9.10. The number of carbonyl (C=O) groups excluding carboxylic acids is 1. The fourth-order valence-corrected chi connectivity index (χ4v) is 2.99. The van der Waals surface area contributed by atoms with Crippen LogP contribution in [-0.4, -0.2) is 19.1 Å². The second-order valence-corrected chi connectivity index (χ2v) is 6.05. The van der Waals surface area contributed by atoms with E-state index in [1.807, 2.05) is 51.1 Å². The van der Waals surface area contributed by atoms with Crippen molar-refractivity contribution in [3.63, 3.8) is 0 Å². The lowest BCUT2D eigenvalue weighted by molar-refractivity contribution is -0.118. The molecule has 23 heavy (non-hydrogen) atoms. The van der Waals surface area contributed by atoms with E-state index in [0.29, 0.717) is 18.0 Å². The van der Waals surface area contributed by atoms with Gasteiger partial charge in [0.05, 0.1) is 12.3 Å². The molecule has 1 amide bonds. The van der Waals surface area contributed by atoms with Gasteiger partial charge in [-0.3, -0.25) is 4.79 Å². The molecule has 0 bridgehead atoms. The van der Waals surface area contributed by atoms with Gasteiger partial charge in [-0.1, -0.05) is 28.1 Å². The van der Waals surface area contributed by atoms with Gasteiger partial charge in [-0.05, 0) is 56.2 Å². The van der Waals surface area contributed by atoms with E-state index in [1.165, 1.54) is 0 Å². The van der Waals surface area contributed by atoms with Crippen molar-refractivity contribution < 1.29 is 14.3 Å². The number of hydrogen-bond donors (Lipinski definition) is 1. The molecule has 0 heterocycles. The van der Waals surface area contributed by atoms with Crippen LogP contribution in [0.25, 0.3) is 0 Å². The number of rotatable bonds is 6. The number of hydrogen-bond acceptors (Lipinski definition) is 3. The number of para-hydroxylation sites is 2. The van der Waals surface area contributed by atoms with Crippen molar-refractivity contribution in [2.75, 3.05) is 18.5 Å². The Morgan fingerprint density at radius 3 is 2.43 bits per heavy atom. The normalized spacial score (nSPS) is 10.3. The minimum Gasteiger partial charge on any atom is -0.492 e. The zero-order chi connectivity index (χ0) is 16.8. The van der Waals surface area contributed by atoms with E-state index in [9.17, 15) is 4.79 Å². The van der Waals surface area contributed by atoms with Crippen LogP contribution in [0, 0.1) is 13.8 Å². The van der Waals surface area contributed by atoms with Gasteiger partial charge in [0.25, 0.3) is 5.91 Å². The Balaban J connectivity index is 2.01. The van der Waals surface area contributed by atoms with Crippen LogP contribution in [0.1, 0.15) is 18.1 Å². The Hall–Kier alpha value is -2.01. The molecule has 2 aromatic rings. The molecule has 2 aromatic carbocycles. The lowest BCUT2D eigenvalue weighted by atomic mass is 10.1. The standard InChI is InChI=1S/C18H20BrNO3/c1-4-22-16-8-6-5-7-15(16)20-17(21)11-23-18-12(2)9-14(19)10-13(18)3/h5-10H,4,11H2,1-3H3,(H,20,21). The molecule has 4 nitrogen and oxygen atoms in total. The maximum Gasteiger partial charge on any atom is 0.262 e. The average molecular weight is 378 g/mol. The molecule has 0 spiro atoms. The van der Waals surface area contributed by atoms with Gasteiger partial charge in [0.15, 0.2) is 6.61 Å². The molecule has 5 heteroatoms. The monoisotopic (exact) mass is 377 g/mol. The molecule has 0 aliphatic rings. The van der Waals surface area contributed by atoms with E-state index in [-0.39, 0.29) is 12.5 Å². The van der Waals surface area contributed by atoms with Crippen LogP contribution >= 0.6 is 15.9 Å². The van der Waals surface area contributed by atoms with E-state index in [0.717, 1.165) is 21.3 Å². The zero-order valence-corrected chi connectivity index (χ0v) is 15.1. The van der Waals surface area contributed by atoms with Gasteiger partial charge in [-0.15, -0.1) is 0 Å². The van der Waals surface area contributed by atoms with Crippen molar-refractivity contribution in [1.82, 2.24) is 0 Å². The first-order chi connectivity index (χ1) is 11.0. The summed E-state index contributed by atoms with van der Waals surface area (Å²) in [5.41, 5.74) is 2.62. The second-order valence-electron chi connectivity index (χ2n) is 5.13. The number of anilines is 1. The summed E-state index contributed by atoms with van der Waals surface area (Å²) in [4.78, 5) is 12.1. The van der Waals surface area contributed by atoms with Crippen LogP contribution in [0.5, 0.6) is 11.5 Å². The predicted octanol–water partition coefficient (Wildman–Crippen LogP) is 4.48. The number of benzene rings is 2. The summed E-state index contributed by atoms with van der Waals surface area (Å²) in [6.45, 7) is 6.30. The molecular weight excluding hydrogens is 358 g/mol. The van der Waals surface area contributed by atoms with Crippen molar-refractivity contribution in [1.29, 1.82) is 0 Å². The number of carbonyl (C=O) groups is 1. The van der Waals surface area contributed by atoms with Crippen LogP contribution in [0.15, 0.2) is 40.9 Å². The molecule has 0 unspecified atom stereocenters. The number of aryl methyl sites for hydroxylation is 2. The van der Waals surface area contributed by atoms with Crippen molar-refractivity contribution in [3.8, 4) is 11.5 Å². The molecule has 1 N–H and O–H groups in total. The summed E-state index contributed by atoms with van der Waals surface area (Å²) < 4.78 is 12.2. The maximum atomic E-state index is 12.1. The van der Waals surface area contributed by atoms with Gasteiger partial charge in [0.2, 0.25) is 0 Å². The number of halogens is 1. The third-order valence-electron chi connectivity index (χ3n) is 3.23. The summed E-state index contributed by atoms with van der Waals surface area (Å²) in [6, 6.07) is 11.3. The summed E-state index contributed by atoms with van der Waals surface area (Å²) in [5, 5.41) is 2.82. The van der Waals surface area contributed by atoms with Crippen molar-refractivity contribution in [2.45, 2.75) is 20.8 Å². The highest BCUT2D eigenvalue weighted by Gasteiger charge is 2.11. The second kappa shape index (κ2) is 8.02. The highest BCUT2D eigenvalue weighted by Crippen LogP contribution is 2.27. The Morgan fingerprint density at radius 2 is 1.78 bits per heavy atom. The molecule has 0 fully saturated rings. The summed E-state index contributed by atoms with van der Waals surface area (Å²) in [6.07, 6.45) is 0. The van der Waals surface area contributed by atoms with Crippen LogP contribution in [0.3, 0.4) is 0 Å². The van der Waals surface area contributed by atoms with Gasteiger partial charge in [0, 0.05) is 4.47 Å². The summed E-state index contributed by atoms with van der Waals surface area (Å²) in [5.74, 6) is 1.17. The molecule has 0 atom stereocenters. The molecule has 0 saturated heterocycles. The molecule has 0 aliphatic carbocycles. The Morgan fingerprint density at radius 1 is 1.13 bits per heavy atom. The largest absolute Gasteiger partial charge is 0.492 e. The molecule has 0 aliphatic heterocycles. The summed E-state index contributed by atoms with van der Waals surface area (Å²) >= 11 is 3.45. The van der Waals surface area contributed by atoms with E-state index >= 15 is 0 Å². The minimum atomic E-state index is -0.223. The SMILES string of the molecule is CCOc1ccccc1NC(=O)COc1c(C)cc(Br)cc1C. The first-order valence-electron chi connectivity index (χ1n) is 7.42. The number of ether oxygens (including phenoxy) is 2. The van der Waals surface area contributed by atoms with E-state index in [4.69, 9.17) is 9.47 Å². The summed E-state index contributed by atoms with van der Waals surface area (Å²) in [7, 11) is 0.